The normalized spacial score (nSPS) is 11.6. The lowest BCUT2D eigenvalue weighted by Crippen LogP contribution is -2.03. The molecule has 0 aliphatic carbocycles. The van der Waals surface area contributed by atoms with Gasteiger partial charge < -0.3 is 5.73 Å². The summed E-state index contributed by atoms with van der Waals surface area (Å²) in [5, 5.41) is 6.89. The molecule has 0 bridgehead atoms. The summed E-state index contributed by atoms with van der Waals surface area (Å²) in [5.74, 6) is 0.402. The molecule has 0 saturated heterocycles. The van der Waals surface area contributed by atoms with Crippen molar-refractivity contribution < 1.29 is 0 Å². The fraction of sp³-hybridized carbons (Fsp3) is 0.0952. The second-order valence-electron chi connectivity index (χ2n) is 6.59. The van der Waals surface area contributed by atoms with Gasteiger partial charge in [-0.05, 0) is 36.8 Å². The highest BCUT2D eigenvalue weighted by molar-refractivity contribution is 5.95. The van der Waals surface area contributed by atoms with Crippen LogP contribution in [-0.4, -0.2) is 19.6 Å². The summed E-state index contributed by atoms with van der Waals surface area (Å²) in [6.45, 7) is 2.07. The average molecular weight is 339 g/mol. The molecule has 0 amide bonds. The molecule has 5 aromatic rings. The molecule has 5 heteroatoms. The smallest absolute Gasteiger partial charge is 0.222 e. The Morgan fingerprint density at radius 2 is 1.92 bits per heavy atom. The molecule has 3 heterocycles. The highest BCUT2D eigenvalue weighted by Gasteiger charge is 2.12. The van der Waals surface area contributed by atoms with Gasteiger partial charge in [0.2, 0.25) is 5.95 Å². The number of aromatic nitrogens is 4. The van der Waals surface area contributed by atoms with Crippen LogP contribution in [0.1, 0.15) is 16.8 Å². The van der Waals surface area contributed by atoms with Gasteiger partial charge in [0.25, 0.3) is 0 Å². The number of anilines is 1. The van der Waals surface area contributed by atoms with E-state index in [0.29, 0.717) is 12.4 Å². The third-order valence-corrected chi connectivity index (χ3v) is 4.73. The maximum atomic E-state index is 6.13. The van der Waals surface area contributed by atoms with E-state index in [4.69, 9.17) is 10.8 Å². The molecule has 2 N–H and O–H groups in total. The molecule has 0 spiro atoms. The third kappa shape index (κ3) is 2.29. The van der Waals surface area contributed by atoms with Gasteiger partial charge in [0.15, 0.2) is 0 Å². The first kappa shape index (κ1) is 14.8. The van der Waals surface area contributed by atoms with Crippen LogP contribution >= 0.6 is 0 Å². The number of rotatable bonds is 2. The lowest BCUT2D eigenvalue weighted by Gasteiger charge is -2.04. The minimum Gasteiger partial charge on any atom is -0.368 e. The number of hydrogen-bond acceptors (Lipinski definition) is 4. The predicted octanol–water partition coefficient (Wildman–Crippen LogP) is 3.91. The summed E-state index contributed by atoms with van der Waals surface area (Å²) >= 11 is 0. The predicted molar refractivity (Wildman–Crippen MR) is 104 cm³/mol. The van der Waals surface area contributed by atoms with Gasteiger partial charge in [-0.2, -0.15) is 9.61 Å². The second-order valence-corrected chi connectivity index (χ2v) is 6.59. The topological polar surface area (TPSA) is 69.1 Å². The molecule has 5 nitrogen and oxygen atoms in total. The fourth-order valence-corrected chi connectivity index (χ4v) is 3.51. The van der Waals surface area contributed by atoms with E-state index in [2.05, 4.69) is 53.3 Å². The van der Waals surface area contributed by atoms with E-state index in [1.54, 1.807) is 4.52 Å². The van der Waals surface area contributed by atoms with E-state index in [1.165, 1.54) is 5.56 Å². The van der Waals surface area contributed by atoms with Crippen LogP contribution in [0.25, 0.3) is 27.3 Å². The molecule has 0 aliphatic rings. The van der Waals surface area contributed by atoms with Gasteiger partial charge in [-0.25, -0.2) is 4.98 Å². The quantitative estimate of drug-likeness (QED) is 0.529. The van der Waals surface area contributed by atoms with E-state index in [9.17, 15) is 0 Å². The molecule has 2 aromatic carbocycles. The number of para-hydroxylation sites is 1. The molecule has 126 valence electrons. The van der Waals surface area contributed by atoms with Crippen molar-refractivity contribution in [3.8, 4) is 0 Å². The zero-order valence-electron chi connectivity index (χ0n) is 14.3. The molecule has 3 aromatic heterocycles. The number of hydrogen-bond donors (Lipinski definition) is 1. The summed E-state index contributed by atoms with van der Waals surface area (Å²) in [6, 6.07) is 18.5. The number of benzene rings is 2. The molecule has 0 saturated carbocycles. The molecule has 0 atom stereocenters. The van der Waals surface area contributed by atoms with Crippen molar-refractivity contribution in [2.75, 3.05) is 5.73 Å². The van der Waals surface area contributed by atoms with E-state index < -0.39 is 0 Å². The number of nitrogens with two attached hydrogens (primary N) is 1. The van der Waals surface area contributed by atoms with Crippen LogP contribution in [-0.2, 0) is 6.42 Å². The molecule has 0 fully saturated rings. The second kappa shape index (κ2) is 5.52. The molecular weight excluding hydrogens is 322 g/mol. The van der Waals surface area contributed by atoms with Crippen LogP contribution in [0.15, 0.2) is 60.8 Å². The zero-order chi connectivity index (χ0) is 17.7. The van der Waals surface area contributed by atoms with Crippen molar-refractivity contribution in [3.05, 3.63) is 77.6 Å². The highest BCUT2D eigenvalue weighted by Crippen LogP contribution is 2.25. The Balaban J connectivity index is 1.69. The Kier molecular flexibility index (Phi) is 3.15. The van der Waals surface area contributed by atoms with E-state index in [0.717, 1.165) is 38.6 Å². The van der Waals surface area contributed by atoms with E-state index >= 15 is 0 Å². The summed E-state index contributed by atoms with van der Waals surface area (Å²) < 4.78 is 1.73. The number of pyridine rings is 1. The zero-order valence-corrected chi connectivity index (χ0v) is 14.3. The summed E-state index contributed by atoms with van der Waals surface area (Å²) in [7, 11) is 0. The Morgan fingerprint density at radius 1 is 1.04 bits per heavy atom. The Bertz CT molecular complexity index is 1280. The van der Waals surface area contributed by atoms with Crippen molar-refractivity contribution in [2.45, 2.75) is 13.3 Å². The molecule has 0 unspecified atom stereocenters. The summed E-state index contributed by atoms with van der Waals surface area (Å²) in [6.07, 6.45) is 2.52. The van der Waals surface area contributed by atoms with Crippen molar-refractivity contribution in [1.29, 1.82) is 0 Å². The average Bonchev–Trinajstić information content (AvgIpc) is 3.08. The number of fused-ring (bicyclic) bond motifs is 4. The SMILES string of the molecule is Cc1ccc2nc(N)n3nc(Cc4cccc5cccnc45)cc3c2c1. The van der Waals surface area contributed by atoms with Gasteiger partial charge in [0, 0.05) is 23.4 Å². The number of aryl methyl sites for hydroxylation is 1. The van der Waals surface area contributed by atoms with Crippen molar-refractivity contribution in [1.82, 2.24) is 19.6 Å². The molecule has 0 aliphatic heterocycles. The van der Waals surface area contributed by atoms with E-state index in [1.807, 2.05) is 24.4 Å². The minimum absolute atomic E-state index is 0.402. The number of nitrogen functional groups attached to an aromatic ring is 1. The third-order valence-electron chi connectivity index (χ3n) is 4.73. The minimum atomic E-state index is 0.402. The van der Waals surface area contributed by atoms with Gasteiger partial charge in [-0.3, -0.25) is 4.98 Å². The Morgan fingerprint density at radius 3 is 2.85 bits per heavy atom. The maximum absolute atomic E-state index is 6.13. The molecular formula is C21H17N5. The van der Waals surface area contributed by atoms with Gasteiger partial charge in [-0.15, -0.1) is 0 Å². The molecule has 5 rings (SSSR count). The lowest BCUT2D eigenvalue weighted by atomic mass is 10.0. The van der Waals surface area contributed by atoms with Crippen LogP contribution in [0.5, 0.6) is 0 Å². The fourth-order valence-electron chi connectivity index (χ4n) is 3.51. The lowest BCUT2D eigenvalue weighted by molar-refractivity contribution is 0.905. The van der Waals surface area contributed by atoms with Crippen molar-refractivity contribution >= 4 is 33.3 Å². The van der Waals surface area contributed by atoms with Crippen LogP contribution in [0.3, 0.4) is 0 Å². The monoisotopic (exact) mass is 339 g/mol. The molecule has 26 heavy (non-hydrogen) atoms. The Hall–Kier alpha value is -3.47. The maximum Gasteiger partial charge on any atom is 0.222 e. The summed E-state index contributed by atoms with van der Waals surface area (Å²) in [4.78, 5) is 9.02. The highest BCUT2D eigenvalue weighted by atomic mass is 15.3. The van der Waals surface area contributed by atoms with Crippen LogP contribution in [0, 0.1) is 6.92 Å². The number of nitrogens with zero attached hydrogens (tertiary/aromatic N) is 4. The first-order valence-corrected chi connectivity index (χ1v) is 8.56. The van der Waals surface area contributed by atoms with Gasteiger partial charge in [-0.1, -0.05) is 35.9 Å². The first-order valence-electron chi connectivity index (χ1n) is 8.56. The standard InChI is InChI=1S/C21H17N5/c1-13-7-8-18-17(10-13)19-12-16(25-26(19)21(22)24-18)11-15-5-2-4-14-6-3-9-23-20(14)15/h2-10,12H,11H2,1H3,(H2,22,24). The van der Waals surface area contributed by atoms with Crippen LogP contribution in [0.4, 0.5) is 5.95 Å². The molecule has 0 radical (unpaired) electrons. The van der Waals surface area contributed by atoms with Gasteiger partial charge in [0.1, 0.15) is 0 Å². The summed E-state index contributed by atoms with van der Waals surface area (Å²) in [5.41, 5.74) is 12.3. The van der Waals surface area contributed by atoms with E-state index in [-0.39, 0.29) is 0 Å². The Labute approximate surface area is 150 Å². The largest absolute Gasteiger partial charge is 0.368 e. The van der Waals surface area contributed by atoms with Crippen LogP contribution < -0.4 is 5.73 Å². The van der Waals surface area contributed by atoms with Crippen molar-refractivity contribution in [2.24, 2.45) is 0 Å². The van der Waals surface area contributed by atoms with Gasteiger partial charge >= 0.3 is 0 Å². The van der Waals surface area contributed by atoms with Gasteiger partial charge in [0.05, 0.1) is 22.2 Å². The van der Waals surface area contributed by atoms with Crippen molar-refractivity contribution in [3.63, 3.8) is 0 Å². The first-order chi connectivity index (χ1) is 12.7. The van der Waals surface area contributed by atoms with Crippen LogP contribution in [0.2, 0.25) is 0 Å².